The van der Waals surface area contributed by atoms with Crippen LogP contribution in [0.2, 0.25) is 0 Å². The molecular weight excluding hydrogens is 225 g/mol. The summed E-state index contributed by atoms with van der Waals surface area (Å²) >= 11 is 0. The van der Waals surface area contributed by atoms with Gasteiger partial charge in [0, 0.05) is 0 Å². The van der Waals surface area contributed by atoms with E-state index in [0.717, 1.165) is 0 Å². The number of carbonyl (C=O) groups is 1. The van der Waals surface area contributed by atoms with Gasteiger partial charge in [-0.2, -0.15) is 0 Å². The fraction of sp³-hybridized carbons (Fsp3) is 0. The molecule has 0 aliphatic heterocycles. The van der Waals surface area contributed by atoms with Gasteiger partial charge in [-0.15, -0.1) is 0 Å². The molecule has 2 aromatic heterocycles. The number of rotatable bonds is 2. The van der Waals surface area contributed by atoms with E-state index in [1.807, 2.05) is 0 Å². The third kappa shape index (κ3) is 1.44. The maximum absolute atomic E-state index is 13.5. The number of fused-ring (bicyclic) bond motifs is 1. The lowest BCUT2D eigenvalue weighted by molar-refractivity contribution is 0.110. The standard InChI is InChI=1S/C12H6FNO3/c13-8-4-2-1-3-7(8)12-14-9-6-16-10(5-15)11(9)17-12/h1-6H. The number of furan rings is 1. The van der Waals surface area contributed by atoms with Crippen molar-refractivity contribution in [3.63, 3.8) is 0 Å². The molecule has 2 heterocycles. The molecule has 0 spiro atoms. The third-order valence-corrected chi connectivity index (χ3v) is 2.39. The molecule has 0 amide bonds. The molecule has 0 aliphatic carbocycles. The van der Waals surface area contributed by atoms with E-state index in [1.165, 1.54) is 12.3 Å². The summed E-state index contributed by atoms with van der Waals surface area (Å²) < 4.78 is 23.7. The fourth-order valence-electron chi connectivity index (χ4n) is 1.59. The van der Waals surface area contributed by atoms with Crippen molar-refractivity contribution in [1.82, 2.24) is 4.98 Å². The first-order chi connectivity index (χ1) is 8.29. The monoisotopic (exact) mass is 231 g/mol. The first-order valence-electron chi connectivity index (χ1n) is 4.87. The van der Waals surface area contributed by atoms with E-state index in [4.69, 9.17) is 8.83 Å². The summed E-state index contributed by atoms with van der Waals surface area (Å²) in [5, 5.41) is 0. The molecule has 0 fully saturated rings. The quantitative estimate of drug-likeness (QED) is 0.636. The predicted octanol–water partition coefficient (Wildman–Crippen LogP) is 3.04. The van der Waals surface area contributed by atoms with E-state index in [-0.39, 0.29) is 22.8 Å². The Morgan fingerprint density at radius 2 is 2.12 bits per heavy atom. The molecule has 0 aliphatic rings. The summed E-state index contributed by atoms with van der Waals surface area (Å²) in [4.78, 5) is 14.7. The summed E-state index contributed by atoms with van der Waals surface area (Å²) in [5.41, 5.74) is 0.879. The Labute approximate surface area is 94.7 Å². The second-order valence-corrected chi connectivity index (χ2v) is 3.43. The van der Waals surface area contributed by atoms with Gasteiger partial charge >= 0.3 is 0 Å². The van der Waals surface area contributed by atoms with Gasteiger partial charge in [0.2, 0.25) is 17.2 Å². The minimum absolute atomic E-state index is 0.0510. The highest BCUT2D eigenvalue weighted by Crippen LogP contribution is 2.28. The van der Waals surface area contributed by atoms with Crippen LogP contribution in [0.5, 0.6) is 0 Å². The highest BCUT2D eigenvalue weighted by molar-refractivity contribution is 5.91. The molecule has 4 nitrogen and oxygen atoms in total. The van der Waals surface area contributed by atoms with E-state index in [0.29, 0.717) is 11.8 Å². The lowest BCUT2D eigenvalue weighted by atomic mass is 10.2. The van der Waals surface area contributed by atoms with Crippen LogP contribution in [0.3, 0.4) is 0 Å². The second-order valence-electron chi connectivity index (χ2n) is 3.43. The van der Waals surface area contributed by atoms with Crippen LogP contribution in [-0.4, -0.2) is 11.3 Å². The molecule has 3 rings (SSSR count). The van der Waals surface area contributed by atoms with Gasteiger partial charge in [0.1, 0.15) is 17.6 Å². The van der Waals surface area contributed by atoms with Crippen molar-refractivity contribution in [3.8, 4) is 11.5 Å². The first-order valence-corrected chi connectivity index (χ1v) is 4.87. The molecule has 0 atom stereocenters. The van der Waals surface area contributed by atoms with Crippen LogP contribution in [0, 0.1) is 5.82 Å². The summed E-state index contributed by atoms with van der Waals surface area (Å²) in [6, 6.07) is 6.12. The fourth-order valence-corrected chi connectivity index (χ4v) is 1.59. The van der Waals surface area contributed by atoms with Crippen molar-refractivity contribution in [2.24, 2.45) is 0 Å². The Bertz CT molecular complexity index is 699. The number of nitrogens with zero attached hydrogens (tertiary/aromatic N) is 1. The van der Waals surface area contributed by atoms with Gasteiger partial charge in [-0.1, -0.05) is 12.1 Å². The van der Waals surface area contributed by atoms with E-state index in [1.54, 1.807) is 18.2 Å². The van der Waals surface area contributed by atoms with Gasteiger partial charge in [-0.25, -0.2) is 9.37 Å². The lowest BCUT2D eigenvalue weighted by Crippen LogP contribution is -1.82. The van der Waals surface area contributed by atoms with Crippen LogP contribution in [0.1, 0.15) is 10.6 Å². The van der Waals surface area contributed by atoms with Crippen LogP contribution < -0.4 is 0 Å². The highest BCUT2D eigenvalue weighted by atomic mass is 19.1. The van der Waals surface area contributed by atoms with E-state index >= 15 is 0 Å². The normalized spacial score (nSPS) is 10.9. The molecule has 84 valence electrons. The largest absolute Gasteiger partial charge is 0.455 e. The first kappa shape index (κ1) is 9.77. The minimum atomic E-state index is -0.430. The van der Waals surface area contributed by atoms with E-state index in [2.05, 4.69) is 4.98 Å². The number of benzene rings is 1. The van der Waals surface area contributed by atoms with Gasteiger partial charge in [-0.3, -0.25) is 4.79 Å². The van der Waals surface area contributed by atoms with Gasteiger partial charge in [0.25, 0.3) is 0 Å². The lowest BCUT2D eigenvalue weighted by Gasteiger charge is -1.95. The number of aromatic nitrogens is 1. The van der Waals surface area contributed by atoms with Crippen molar-refractivity contribution in [2.45, 2.75) is 0 Å². The number of halogens is 1. The molecule has 0 bridgehead atoms. The van der Waals surface area contributed by atoms with Gasteiger partial charge in [0.15, 0.2) is 6.29 Å². The summed E-state index contributed by atoms with van der Waals surface area (Å²) in [5.74, 6) is -0.247. The number of oxazole rings is 1. The van der Waals surface area contributed by atoms with Crippen LogP contribution in [0.15, 0.2) is 39.4 Å². The second kappa shape index (κ2) is 3.55. The maximum Gasteiger partial charge on any atom is 0.230 e. The van der Waals surface area contributed by atoms with E-state index < -0.39 is 5.82 Å². The van der Waals surface area contributed by atoms with Gasteiger partial charge < -0.3 is 8.83 Å². The molecule has 17 heavy (non-hydrogen) atoms. The van der Waals surface area contributed by atoms with Crippen LogP contribution >= 0.6 is 0 Å². The molecule has 1 aromatic carbocycles. The van der Waals surface area contributed by atoms with Crippen molar-refractivity contribution in [2.75, 3.05) is 0 Å². The summed E-state index contributed by atoms with van der Waals surface area (Å²) in [6.07, 6.45) is 1.82. The molecular formula is C12H6FNO3. The van der Waals surface area contributed by atoms with Crippen LogP contribution in [0.4, 0.5) is 4.39 Å². The Balaban J connectivity index is 2.22. The zero-order valence-corrected chi connectivity index (χ0v) is 8.51. The molecule has 0 N–H and O–H groups in total. The number of hydrogen-bond donors (Lipinski definition) is 0. The van der Waals surface area contributed by atoms with Gasteiger partial charge in [-0.05, 0) is 12.1 Å². The van der Waals surface area contributed by atoms with Crippen molar-refractivity contribution >= 4 is 17.4 Å². The Kier molecular flexibility index (Phi) is 2.04. The molecule has 0 saturated heterocycles. The van der Waals surface area contributed by atoms with Crippen molar-refractivity contribution in [3.05, 3.63) is 42.1 Å². The summed E-state index contributed by atoms with van der Waals surface area (Å²) in [7, 11) is 0. The average molecular weight is 231 g/mol. The number of aldehydes is 1. The zero-order chi connectivity index (χ0) is 11.8. The number of hydrogen-bond acceptors (Lipinski definition) is 4. The zero-order valence-electron chi connectivity index (χ0n) is 8.51. The molecule has 0 saturated carbocycles. The van der Waals surface area contributed by atoms with Crippen LogP contribution in [0.25, 0.3) is 22.6 Å². The molecule has 3 aromatic rings. The predicted molar refractivity (Wildman–Crippen MR) is 57.1 cm³/mol. The maximum atomic E-state index is 13.5. The number of carbonyl (C=O) groups excluding carboxylic acids is 1. The Hall–Kier alpha value is -2.43. The van der Waals surface area contributed by atoms with Crippen LogP contribution in [-0.2, 0) is 0 Å². The minimum Gasteiger partial charge on any atom is -0.455 e. The van der Waals surface area contributed by atoms with Gasteiger partial charge in [0.05, 0.1) is 5.56 Å². The topological polar surface area (TPSA) is 56.2 Å². The van der Waals surface area contributed by atoms with E-state index in [9.17, 15) is 9.18 Å². The third-order valence-electron chi connectivity index (χ3n) is 2.39. The van der Waals surface area contributed by atoms with Crippen molar-refractivity contribution in [1.29, 1.82) is 0 Å². The Morgan fingerprint density at radius 1 is 1.29 bits per heavy atom. The average Bonchev–Trinajstić information content (AvgIpc) is 2.88. The highest BCUT2D eigenvalue weighted by Gasteiger charge is 2.16. The van der Waals surface area contributed by atoms with Crippen molar-refractivity contribution < 1.29 is 18.0 Å². The molecule has 0 radical (unpaired) electrons. The Morgan fingerprint density at radius 3 is 2.88 bits per heavy atom. The smallest absolute Gasteiger partial charge is 0.230 e. The molecule has 5 heteroatoms. The molecule has 0 unspecified atom stereocenters. The SMILES string of the molecule is O=Cc1occ2nc(-c3ccccc3F)oc12. The summed E-state index contributed by atoms with van der Waals surface area (Å²) in [6.45, 7) is 0.